The molecule has 1 aliphatic heterocycles. The standard InChI is InChI=1S/C26H32N8O3/c1-27-23-10-19(30-25-16(11-29-34(23)25)26(35)31-18-7-8-21(18)36-3)17-12-33(24-15(17)6-5-9-28-24)20-13-32(2)14-22(20)37-4/h5-6,9-12,18,20-22,27H,7-8,13-14H2,1-4H3,(H,31,35)/t18?,20-,21-,22-/m0/s1. The molecule has 2 N–H and O–H groups in total. The van der Waals surface area contributed by atoms with E-state index in [0.717, 1.165) is 54.0 Å². The van der Waals surface area contributed by atoms with Crippen molar-refractivity contribution in [2.45, 2.75) is 37.1 Å². The molecule has 1 unspecified atom stereocenters. The highest BCUT2D eigenvalue weighted by Gasteiger charge is 2.35. The van der Waals surface area contributed by atoms with Crippen LogP contribution in [0.4, 0.5) is 5.82 Å². The van der Waals surface area contributed by atoms with Crippen LogP contribution in [0.2, 0.25) is 0 Å². The predicted octanol–water partition coefficient (Wildman–Crippen LogP) is 2.20. The van der Waals surface area contributed by atoms with E-state index in [-0.39, 0.29) is 30.2 Å². The number of likely N-dealkylation sites (tertiary alicyclic amines) is 1. The molecule has 11 nitrogen and oxygen atoms in total. The second kappa shape index (κ2) is 9.40. The van der Waals surface area contributed by atoms with Crippen LogP contribution in [0, 0.1) is 0 Å². The molecule has 2 fully saturated rings. The van der Waals surface area contributed by atoms with Crippen molar-refractivity contribution in [3.8, 4) is 11.3 Å². The number of aromatic nitrogens is 5. The molecule has 1 saturated heterocycles. The smallest absolute Gasteiger partial charge is 0.257 e. The first kappa shape index (κ1) is 23.8. The van der Waals surface area contributed by atoms with Gasteiger partial charge in [0.15, 0.2) is 5.65 Å². The number of likely N-dealkylation sites (N-methyl/N-ethyl adjacent to an activating group) is 1. The molecule has 1 aliphatic carbocycles. The number of hydrogen-bond donors (Lipinski definition) is 2. The number of nitrogens with one attached hydrogen (secondary N) is 2. The highest BCUT2D eigenvalue weighted by molar-refractivity contribution is 6.01. The summed E-state index contributed by atoms with van der Waals surface area (Å²) in [5, 5.41) is 11.7. The van der Waals surface area contributed by atoms with Crippen molar-refractivity contribution in [2.75, 3.05) is 46.7 Å². The predicted molar refractivity (Wildman–Crippen MR) is 140 cm³/mol. The summed E-state index contributed by atoms with van der Waals surface area (Å²) in [6, 6.07) is 6.08. The van der Waals surface area contributed by atoms with Gasteiger partial charge in [0.2, 0.25) is 0 Å². The number of hydrogen-bond acceptors (Lipinski definition) is 8. The van der Waals surface area contributed by atoms with E-state index in [0.29, 0.717) is 11.2 Å². The first-order valence-corrected chi connectivity index (χ1v) is 12.6. The van der Waals surface area contributed by atoms with Crippen molar-refractivity contribution in [3.05, 3.63) is 42.4 Å². The molecule has 11 heteroatoms. The zero-order chi connectivity index (χ0) is 25.7. The van der Waals surface area contributed by atoms with Gasteiger partial charge in [-0.3, -0.25) is 4.79 Å². The van der Waals surface area contributed by atoms with E-state index in [4.69, 9.17) is 19.4 Å². The summed E-state index contributed by atoms with van der Waals surface area (Å²) >= 11 is 0. The fourth-order valence-corrected chi connectivity index (χ4v) is 5.58. The molecule has 4 aromatic heterocycles. The molecule has 1 saturated carbocycles. The zero-order valence-electron chi connectivity index (χ0n) is 21.5. The summed E-state index contributed by atoms with van der Waals surface area (Å²) in [5.74, 6) is 0.534. The third kappa shape index (κ3) is 3.94. The van der Waals surface area contributed by atoms with Crippen molar-refractivity contribution in [1.82, 2.24) is 34.4 Å². The Morgan fingerprint density at radius 3 is 2.70 bits per heavy atom. The minimum atomic E-state index is -0.200. The first-order chi connectivity index (χ1) is 18.0. The topological polar surface area (TPSA) is 111 Å². The Kier molecular flexibility index (Phi) is 6.06. The molecule has 1 amide bonds. The number of fused-ring (bicyclic) bond motifs is 2. The van der Waals surface area contributed by atoms with Gasteiger partial charge >= 0.3 is 0 Å². The Morgan fingerprint density at radius 1 is 1.14 bits per heavy atom. The third-order valence-corrected chi connectivity index (χ3v) is 7.75. The number of amides is 1. The van der Waals surface area contributed by atoms with Crippen LogP contribution in [0.25, 0.3) is 27.9 Å². The van der Waals surface area contributed by atoms with Gasteiger partial charge in [0.05, 0.1) is 36.2 Å². The lowest BCUT2D eigenvalue weighted by Gasteiger charge is -2.35. The number of pyridine rings is 1. The maximum absolute atomic E-state index is 13.2. The Morgan fingerprint density at radius 2 is 1.97 bits per heavy atom. The average molecular weight is 505 g/mol. The van der Waals surface area contributed by atoms with Gasteiger partial charge < -0.3 is 29.6 Å². The maximum Gasteiger partial charge on any atom is 0.257 e. The molecule has 2 aliphatic rings. The molecule has 194 valence electrons. The number of ether oxygens (including phenoxy) is 2. The van der Waals surface area contributed by atoms with Gasteiger partial charge in [-0.25, -0.2) is 9.97 Å². The van der Waals surface area contributed by atoms with Crippen LogP contribution in [0.15, 0.2) is 36.8 Å². The fraction of sp³-hybridized carbons (Fsp3) is 0.462. The third-order valence-electron chi connectivity index (χ3n) is 7.75. The SMILES string of the molecule is CNc1cc(-c2cn([C@H]3CN(C)C[C@@H]3OC)c3ncccc23)nc2c(C(=O)NC3CC[C@@H]3OC)cnn12. The Labute approximate surface area is 214 Å². The molecule has 0 aromatic carbocycles. The summed E-state index contributed by atoms with van der Waals surface area (Å²) in [7, 11) is 7.37. The van der Waals surface area contributed by atoms with Crippen molar-refractivity contribution >= 4 is 28.4 Å². The summed E-state index contributed by atoms with van der Waals surface area (Å²) in [6.45, 7) is 1.72. The lowest BCUT2D eigenvalue weighted by Crippen LogP contribution is -2.51. The normalized spacial score (nSPS) is 24.0. The molecule has 4 aromatic rings. The van der Waals surface area contributed by atoms with Crippen LogP contribution < -0.4 is 10.6 Å². The molecule has 4 atom stereocenters. The van der Waals surface area contributed by atoms with Crippen LogP contribution in [0.1, 0.15) is 29.2 Å². The summed E-state index contributed by atoms with van der Waals surface area (Å²) in [4.78, 5) is 25.2. The summed E-state index contributed by atoms with van der Waals surface area (Å²) in [6.07, 6.45) is 7.45. The van der Waals surface area contributed by atoms with E-state index in [2.05, 4.69) is 44.5 Å². The number of methoxy groups -OCH3 is 2. The van der Waals surface area contributed by atoms with E-state index < -0.39 is 0 Å². The van der Waals surface area contributed by atoms with E-state index in [1.165, 1.54) is 0 Å². The van der Waals surface area contributed by atoms with E-state index in [9.17, 15) is 4.79 Å². The Hall–Kier alpha value is -3.54. The lowest BCUT2D eigenvalue weighted by atomic mass is 9.89. The second-order valence-electron chi connectivity index (χ2n) is 9.89. The van der Waals surface area contributed by atoms with Gasteiger partial charge in [0, 0.05) is 63.8 Å². The summed E-state index contributed by atoms with van der Waals surface area (Å²) in [5.41, 5.74) is 3.49. The molecule has 37 heavy (non-hydrogen) atoms. The molecule has 5 heterocycles. The van der Waals surface area contributed by atoms with E-state index in [1.807, 2.05) is 25.4 Å². The highest BCUT2D eigenvalue weighted by atomic mass is 16.5. The van der Waals surface area contributed by atoms with Crippen molar-refractivity contribution < 1.29 is 14.3 Å². The lowest BCUT2D eigenvalue weighted by molar-refractivity contribution is 0.00732. The van der Waals surface area contributed by atoms with Gasteiger partial charge in [-0.15, -0.1) is 0 Å². The molecular weight excluding hydrogens is 472 g/mol. The first-order valence-electron chi connectivity index (χ1n) is 12.6. The highest BCUT2D eigenvalue weighted by Crippen LogP contribution is 2.35. The minimum absolute atomic E-state index is 0.00160. The van der Waals surface area contributed by atoms with Crippen molar-refractivity contribution in [3.63, 3.8) is 0 Å². The second-order valence-corrected chi connectivity index (χ2v) is 9.89. The van der Waals surface area contributed by atoms with E-state index >= 15 is 0 Å². The Bertz CT molecular complexity index is 1460. The number of rotatable bonds is 7. The Balaban J connectivity index is 1.45. The van der Waals surface area contributed by atoms with E-state index in [1.54, 1.807) is 24.9 Å². The molecule has 0 spiro atoms. The van der Waals surface area contributed by atoms with Gasteiger partial charge in [-0.05, 0) is 32.0 Å². The van der Waals surface area contributed by atoms with Crippen LogP contribution in [0.3, 0.4) is 0 Å². The monoisotopic (exact) mass is 504 g/mol. The number of carbonyl (C=O) groups excluding carboxylic acids is 1. The largest absolute Gasteiger partial charge is 0.379 e. The average Bonchev–Trinajstić information content (AvgIpc) is 3.60. The maximum atomic E-state index is 13.2. The molecule has 6 rings (SSSR count). The van der Waals surface area contributed by atoms with Crippen LogP contribution in [-0.4, -0.2) is 94.6 Å². The number of anilines is 1. The number of nitrogens with zero attached hydrogens (tertiary/aromatic N) is 6. The number of carbonyl (C=O) groups is 1. The molecule has 0 radical (unpaired) electrons. The van der Waals surface area contributed by atoms with Crippen molar-refractivity contribution in [2.24, 2.45) is 0 Å². The molecule has 0 bridgehead atoms. The fourth-order valence-electron chi connectivity index (χ4n) is 5.58. The minimum Gasteiger partial charge on any atom is -0.379 e. The van der Waals surface area contributed by atoms with Gasteiger partial charge in [-0.2, -0.15) is 9.61 Å². The van der Waals surface area contributed by atoms with Gasteiger partial charge in [0.25, 0.3) is 5.91 Å². The summed E-state index contributed by atoms with van der Waals surface area (Å²) < 4.78 is 15.1. The van der Waals surface area contributed by atoms with Crippen molar-refractivity contribution in [1.29, 1.82) is 0 Å². The van der Waals surface area contributed by atoms with Gasteiger partial charge in [-0.1, -0.05) is 0 Å². The molecular formula is C26H32N8O3. The van der Waals surface area contributed by atoms with Crippen LogP contribution >= 0.6 is 0 Å². The zero-order valence-corrected chi connectivity index (χ0v) is 21.5. The van der Waals surface area contributed by atoms with Crippen LogP contribution in [0.5, 0.6) is 0 Å². The van der Waals surface area contributed by atoms with Crippen LogP contribution in [-0.2, 0) is 9.47 Å². The van der Waals surface area contributed by atoms with Gasteiger partial charge in [0.1, 0.15) is 17.0 Å². The quantitative estimate of drug-likeness (QED) is 0.394.